The number of nitrogens with zero attached hydrogens (tertiary/aromatic N) is 3. The highest BCUT2D eigenvalue weighted by Gasteiger charge is 2.34. The van der Waals surface area contributed by atoms with E-state index < -0.39 is 0 Å². The lowest BCUT2D eigenvalue weighted by Gasteiger charge is -2.13. The van der Waals surface area contributed by atoms with Crippen LogP contribution in [0.5, 0.6) is 5.75 Å². The van der Waals surface area contributed by atoms with E-state index in [1.54, 1.807) is 73.2 Å². The van der Waals surface area contributed by atoms with Crippen molar-refractivity contribution >= 4 is 76.0 Å². The van der Waals surface area contributed by atoms with E-state index in [4.69, 9.17) is 32.4 Å². The van der Waals surface area contributed by atoms with E-state index in [-0.39, 0.29) is 25.0 Å². The molecule has 0 spiro atoms. The smallest absolute Gasteiger partial charge is 0.267 e. The number of hydrogen-bond donors (Lipinski definition) is 1. The molecular formula is C33H26Cl2N4O4S. The predicted octanol–water partition coefficient (Wildman–Crippen LogP) is 8.17. The summed E-state index contributed by atoms with van der Waals surface area (Å²) in [7, 11) is 0. The van der Waals surface area contributed by atoms with Gasteiger partial charge in [0.2, 0.25) is 0 Å². The normalized spacial score (nSPS) is 15.5. The van der Waals surface area contributed by atoms with Crippen LogP contribution in [0.1, 0.15) is 23.8 Å². The van der Waals surface area contributed by atoms with Crippen molar-refractivity contribution in [2.75, 3.05) is 11.9 Å². The number of allylic oxidation sites excluding steroid dienone is 1. The number of thioether (sulfide) groups is 1. The van der Waals surface area contributed by atoms with Gasteiger partial charge in [-0.25, -0.2) is 0 Å². The highest BCUT2D eigenvalue weighted by molar-refractivity contribution is 8.18. The lowest BCUT2D eigenvalue weighted by atomic mass is 10.1. The Labute approximate surface area is 268 Å². The summed E-state index contributed by atoms with van der Waals surface area (Å²) >= 11 is 13.4. The van der Waals surface area contributed by atoms with Gasteiger partial charge in [-0.05, 0) is 90.5 Å². The number of carbonyl (C=O) groups is 2. The molecule has 1 N–H and O–H groups in total. The maximum atomic E-state index is 13.6. The van der Waals surface area contributed by atoms with Crippen LogP contribution in [0.2, 0.25) is 10.0 Å². The van der Waals surface area contributed by atoms with Crippen LogP contribution in [0.3, 0.4) is 0 Å². The monoisotopic (exact) mass is 644 g/mol. The van der Waals surface area contributed by atoms with Gasteiger partial charge in [0.25, 0.3) is 11.8 Å². The minimum absolute atomic E-state index is 0.174. The lowest BCUT2D eigenvalue weighted by Crippen LogP contribution is -2.28. The number of hydrogen-bond acceptors (Lipinski definition) is 7. The average molecular weight is 646 g/mol. The minimum Gasteiger partial charge on any atom is -0.483 e. The summed E-state index contributed by atoms with van der Waals surface area (Å²) in [6.45, 7) is 1.84. The Bertz CT molecular complexity index is 1750. The fourth-order valence-corrected chi connectivity index (χ4v) is 5.31. The quantitative estimate of drug-likeness (QED) is 0.107. The van der Waals surface area contributed by atoms with Gasteiger partial charge >= 0.3 is 0 Å². The van der Waals surface area contributed by atoms with Gasteiger partial charge in [-0.2, -0.15) is 5.10 Å². The fourth-order valence-electron chi connectivity index (χ4n) is 4.08. The van der Waals surface area contributed by atoms with Gasteiger partial charge in [0, 0.05) is 21.3 Å². The van der Waals surface area contributed by atoms with Crippen molar-refractivity contribution in [2.24, 2.45) is 10.2 Å². The van der Waals surface area contributed by atoms with E-state index in [2.05, 4.69) is 15.5 Å². The highest BCUT2D eigenvalue weighted by Crippen LogP contribution is 2.36. The average Bonchev–Trinajstić information content (AvgIpc) is 3.63. The van der Waals surface area contributed by atoms with Crippen LogP contribution in [0.25, 0.3) is 12.2 Å². The molecule has 4 aromatic rings. The number of anilines is 1. The van der Waals surface area contributed by atoms with E-state index in [0.29, 0.717) is 42.9 Å². The Morgan fingerprint density at radius 2 is 1.80 bits per heavy atom. The first kappa shape index (κ1) is 30.9. The molecule has 0 radical (unpaired) electrons. The molecule has 2 amide bonds. The molecule has 8 nitrogen and oxygen atoms in total. The molecule has 0 atom stereocenters. The molecule has 1 aromatic heterocycles. The maximum absolute atomic E-state index is 13.6. The molecular weight excluding hydrogens is 619 g/mol. The van der Waals surface area contributed by atoms with E-state index in [1.807, 2.05) is 43.3 Å². The first-order valence-corrected chi connectivity index (χ1v) is 15.0. The second-order valence-corrected chi connectivity index (χ2v) is 11.4. The second-order valence-electron chi connectivity index (χ2n) is 9.53. The van der Waals surface area contributed by atoms with E-state index in [9.17, 15) is 9.59 Å². The Morgan fingerprint density at radius 1 is 1.02 bits per heavy atom. The minimum atomic E-state index is -0.360. The van der Waals surface area contributed by atoms with Crippen LogP contribution in [0.4, 0.5) is 5.69 Å². The third kappa shape index (κ3) is 8.50. The molecule has 44 heavy (non-hydrogen) atoms. The SMILES string of the molecule is CC(/C=N/N=C1\S/C(=C\c2cc(Cl)ccc2OCC(=O)Nc2ccc(Cl)cc2)C(=O)N1Cc1ccco1)=C\c1ccccc1. The molecule has 2 heterocycles. The van der Waals surface area contributed by atoms with E-state index in [0.717, 1.165) is 22.9 Å². The summed E-state index contributed by atoms with van der Waals surface area (Å²) in [5.41, 5.74) is 3.05. The van der Waals surface area contributed by atoms with Gasteiger partial charge in [0.1, 0.15) is 11.5 Å². The van der Waals surface area contributed by atoms with Crippen molar-refractivity contribution in [1.82, 2.24) is 4.90 Å². The summed E-state index contributed by atoms with van der Waals surface area (Å²) in [5.74, 6) is 0.323. The topological polar surface area (TPSA) is 96.5 Å². The van der Waals surface area contributed by atoms with Crippen LogP contribution in [-0.2, 0) is 16.1 Å². The van der Waals surface area contributed by atoms with Gasteiger partial charge in [0.05, 0.1) is 23.9 Å². The molecule has 1 aliphatic heterocycles. The summed E-state index contributed by atoms with van der Waals surface area (Å²) in [6, 6.07) is 25.1. The number of nitrogens with one attached hydrogen (secondary N) is 1. The molecule has 0 aliphatic carbocycles. The van der Waals surface area contributed by atoms with Gasteiger partial charge < -0.3 is 14.5 Å². The third-order valence-electron chi connectivity index (χ3n) is 6.13. The fraction of sp³-hybridized carbons (Fsp3) is 0.0909. The Morgan fingerprint density at radius 3 is 2.55 bits per heavy atom. The molecule has 0 saturated carbocycles. The number of amidine groups is 1. The van der Waals surface area contributed by atoms with E-state index in [1.165, 1.54) is 4.90 Å². The highest BCUT2D eigenvalue weighted by atomic mass is 35.5. The summed E-state index contributed by atoms with van der Waals surface area (Å²) in [4.78, 5) is 28.0. The number of amides is 2. The number of ether oxygens (including phenoxy) is 1. The van der Waals surface area contributed by atoms with E-state index >= 15 is 0 Å². The number of benzene rings is 3. The second kappa shape index (κ2) is 14.7. The molecule has 1 fully saturated rings. The molecule has 1 saturated heterocycles. The first-order valence-electron chi connectivity index (χ1n) is 13.4. The van der Waals surface area contributed by atoms with Crippen LogP contribution >= 0.6 is 35.0 Å². The summed E-state index contributed by atoms with van der Waals surface area (Å²) in [5, 5.41) is 12.8. The lowest BCUT2D eigenvalue weighted by molar-refractivity contribution is -0.122. The van der Waals surface area contributed by atoms with Crippen molar-refractivity contribution in [3.63, 3.8) is 0 Å². The van der Waals surface area contributed by atoms with Crippen molar-refractivity contribution in [3.05, 3.63) is 129 Å². The van der Waals surface area contributed by atoms with Crippen molar-refractivity contribution in [1.29, 1.82) is 0 Å². The number of carbonyl (C=O) groups excluding carboxylic acids is 2. The molecule has 222 valence electrons. The zero-order chi connectivity index (χ0) is 30.9. The Hall–Kier alpha value is -4.57. The standard InChI is InChI=1S/C33H26Cl2N4O4S/c1-22(16-23-6-3-2-4-7-23)19-36-38-33-39(20-28-8-5-15-42-28)32(41)30(44-33)18-24-17-26(35)11-14-29(24)43-21-31(40)37-27-12-9-25(34)10-13-27/h2-19H,20-21H2,1H3,(H,37,40)/b22-16+,30-18-,36-19+,38-33-. The van der Waals surface area contributed by atoms with Gasteiger partial charge in [-0.15, -0.1) is 5.10 Å². The van der Waals surface area contributed by atoms with Crippen LogP contribution in [0.15, 0.2) is 116 Å². The Balaban J connectivity index is 1.35. The molecule has 5 rings (SSSR count). The number of furan rings is 1. The predicted molar refractivity (Wildman–Crippen MR) is 178 cm³/mol. The molecule has 3 aromatic carbocycles. The van der Waals surface area contributed by atoms with Crippen molar-refractivity contribution < 1.29 is 18.7 Å². The van der Waals surface area contributed by atoms with Gasteiger partial charge in [-0.3, -0.25) is 14.5 Å². The van der Waals surface area contributed by atoms with Crippen LogP contribution < -0.4 is 10.1 Å². The first-order chi connectivity index (χ1) is 21.3. The van der Waals surface area contributed by atoms with Gasteiger partial charge in [0.15, 0.2) is 11.8 Å². The van der Waals surface area contributed by atoms with Crippen LogP contribution in [-0.4, -0.2) is 34.7 Å². The number of halogens is 2. The zero-order valence-electron chi connectivity index (χ0n) is 23.4. The van der Waals surface area contributed by atoms with Crippen molar-refractivity contribution in [3.8, 4) is 5.75 Å². The van der Waals surface area contributed by atoms with Crippen molar-refractivity contribution in [2.45, 2.75) is 13.5 Å². The largest absolute Gasteiger partial charge is 0.483 e. The summed E-state index contributed by atoms with van der Waals surface area (Å²) in [6.07, 6.45) is 6.83. The maximum Gasteiger partial charge on any atom is 0.267 e. The summed E-state index contributed by atoms with van der Waals surface area (Å²) < 4.78 is 11.3. The molecule has 11 heteroatoms. The third-order valence-corrected chi connectivity index (χ3v) is 7.61. The molecule has 0 unspecified atom stereocenters. The van der Waals surface area contributed by atoms with Crippen LogP contribution in [0, 0.1) is 0 Å². The van der Waals surface area contributed by atoms with Gasteiger partial charge in [-0.1, -0.05) is 59.6 Å². The molecule has 1 aliphatic rings. The number of rotatable bonds is 10. The molecule has 0 bridgehead atoms. The Kier molecular flexibility index (Phi) is 10.3. The zero-order valence-corrected chi connectivity index (χ0v) is 25.8.